The van der Waals surface area contributed by atoms with E-state index in [2.05, 4.69) is 20.9 Å². The highest BCUT2D eigenvalue weighted by Gasteiger charge is 2.24. The molecular weight excluding hydrogens is 566 g/mol. The zero-order valence-corrected chi connectivity index (χ0v) is 22.8. The fourth-order valence-corrected chi connectivity index (χ4v) is 4.70. The number of esters is 1. The van der Waals surface area contributed by atoms with Crippen LogP contribution in [0.5, 0.6) is 11.5 Å². The Labute approximate surface area is 234 Å². The van der Waals surface area contributed by atoms with Crippen molar-refractivity contribution in [2.45, 2.75) is 13.5 Å². The van der Waals surface area contributed by atoms with Gasteiger partial charge >= 0.3 is 5.97 Å². The number of hydrogen-bond acceptors (Lipinski definition) is 5. The summed E-state index contributed by atoms with van der Waals surface area (Å²) in [6.45, 7) is 2.63. The molecule has 4 aromatic rings. The molecule has 38 heavy (non-hydrogen) atoms. The highest BCUT2D eigenvalue weighted by atomic mass is 79.9. The topological polar surface area (TPSA) is 57.1 Å². The Hall–Kier alpha value is -3.87. The van der Waals surface area contributed by atoms with Crippen LogP contribution in [0, 0.1) is 0 Å². The number of halogens is 2. The number of nitrogens with zero attached hydrogens (tertiary/aromatic N) is 1. The first kappa shape index (κ1) is 25.8. The molecule has 5 rings (SSSR count). The minimum absolute atomic E-state index is 0.174. The largest absolute Gasteiger partial charge is 0.490 e. The van der Waals surface area contributed by atoms with Gasteiger partial charge in [-0.3, -0.25) is 0 Å². The molecule has 4 aromatic carbocycles. The highest BCUT2D eigenvalue weighted by Crippen LogP contribution is 2.38. The maximum Gasteiger partial charge on any atom is 0.363 e. The number of cyclic esters (lactones) is 1. The quantitative estimate of drug-likeness (QED) is 0.154. The van der Waals surface area contributed by atoms with Crippen molar-refractivity contribution in [3.8, 4) is 22.6 Å². The zero-order chi connectivity index (χ0) is 26.5. The smallest absolute Gasteiger partial charge is 0.363 e. The van der Waals surface area contributed by atoms with E-state index in [0.29, 0.717) is 40.9 Å². The molecule has 1 heterocycles. The molecule has 0 radical (unpaired) electrons. The molecule has 1 aliphatic heterocycles. The summed E-state index contributed by atoms with van der Waals surface area (Å²) in [7, 11) is 0. The first-order valence-electron chi connectivity index (χ1n) is 12.0. The molecule has 0 bridgehead atoms. The van der Waals surface area contributed by atoms with Gasteiger partial charge in [0, 0.05) is 10.0 Å². The van der Waals surface area contributed by atoms with Gasteiger partial charge in [-0.1, -0.05) is 82.1 Å². The molecule has 0 N–H and O–H groups in total. The molecule has 0 unspecified atom stereocenters. The number of hydrogen-bond donors (Lipinski definition) is 0. The van der Waals surface area contributed by atoms with E-state index in [0.717, 1.165) is 21.2 Å². The van der Waals surface area contributed by atoms with Crippen molar-refractivity contribution < 1.29 is 19.0 Å². The molecule has 0 fully saturated rings. The van der Waals surface area contributed by atoms with Crippen molar-refractivity contribution in [1.82, 2.24) is 0 Å². The summed E-state index contributed by atoms with van der Waals surface area (Å²) in [5, 5.41) is 0.366. The molecule has 0 saturated heterocycles. The lowest BCUT2D eigenvalue weighted by molar-refractivity contribution is -0.129. The Morgan fingerprint density at radius 1 is 0.895 bits per heavy atom. The second-order valence-corrected chi connectivity index (χ2v) is 9.78. The number of rotatable bonds is 8. The predicted molar refractivity (Wildman–Crippen MR) is 154 cm³/mol. The molecule has 5 nitrogen and oxygen atoms in total. The third-order valence-electron chi connectivity index (χ3n) is 5.77. The summed E-state index contributed by atoms with van der Waals surface area (Å²) >= 11 is 10.1. The SMILES string of the molecule is CCOc1cc(/C=C2\N=C(c3ccc(-c4ccccc4)cc3)OC2=O)cc(Cl)c1OCc1cccc(Br)c1. The van der Waals surface area contributed by atoms with E-state index in [4.69, 9.17) is 25.8 Å². The summed E-state index contributed by atoms with van der Waals surface area (Å²) in [4.78, 5) is 17.0. The van der Waals surface area contributed by atoms with Crippen LogP contribution in [-0.2, 0) is 16.1 Å². The molecule has 0 atom stereocenters. The van der Waals surface area contributed by atoms with Crippen molar-refractivity contribution >= 4 is 45.5 Å². The lowest BCUT2D eigenvalue weighted by Gasteiger charge is -2.14. The van der Waals surface area contributed by atoms with Crippen LogP contribution in [0.3, 0.4) is 0 Å². The van der Waals surface area contributed by atoms with Gasteiger partial charge in [-0.2, -0.15) is 0 Å². The van der Waals surface area contributed by atoms with E-state index < -0.39 is 5.97 Å². The van der Waals surface area contributed by atoms with Crippen LogP contribution in [0.1, 0.15) is 23.6 Å². The third-order valence-corrected chi connectivity index (χ3v) is 6.54. The average molecular weight is 589 g/mol. The summed E-state index contributed by atoms with van der Waals surface area (Å²) in [5.74, 6) is 0.642. The van der Waals surface area contributed by atoms with Crippen LogP contribution in [0.25, 0.3) is 17.2 Å². The number of benzene rings is 4. The fraction of sp³-hybridized carbons (Fsp3) is 0.0968. The molecule has 190 valence electrons. The minimum Gasteiger partial charge on any atom is -0.490 e. The van der Waals surface area contributed by atoms with Gasteiger partial charge in [-0.05, 0) is 71.7 Å². The Morgan fingerprint density at radius 2 is 1.63 bits per heavy atom. The first-order valence-corrected chi connectivity index (χ1v) is 13.2. The highest BCUT2D eigenvalue weighted by molar-refractivity contribution is 9.10. The minimum atomic E-state index is -0.531. The fourth-order valence-electron chi connectivity index (χ4n) is 3.98. The van der Waals surface area contributed by atoms with Gasteiger partial charge in [-0.15, -0.1) is 0 Å². The van der Waals surface area contributed by atoms with Crippen LogP contribution >= 0.6 is 27.5 Å². The van der Waals surface area contributed by atoms with E-state index in [1.54, 1.807) is 18.2 Å². The van der Waals surface area contributed by atoms with Gasteiger partial charge < -0.3 is 14.2 Å². The van der Waals surface area contributed by atoms with E-state index in [9.17, 15) is 4.79 Å². The van der Waals surface area contributed by atoms with E-state index in [-0.39, 0.29) is 11.6 Å². The summed E-state index contributed by atoms with van der Waals surface area (Å²) in [6, 6.07) is 29.1. The molecule has 0 amide bonds. The van der Waals surface area contributed by atoms with E-state index >= 15 is 0 Å². The predicted octanol–water partition coefficient (Wildman–Crippen LogP) is 8.09. The summed E-state index contributed by atoms with van der Waals surface area (Å²) in [6.07, 6.45) is 1.63. The number of carbonyl (C=O) groups excluding carboxylic acids is 1. The third kappa shape index (κ3) is 5.98. The van der Waals surface area contributed by atoms with Crippen LogP contribution in [0.4, 0.5) is 0 Å². The summed E-state index contributed by atoms with van der Waals surface area (Å²) < 4.78 is 18.2. The van der Waals surface area contributed by atoms with Crippen LogP contribution in [-0.4, -0.2) is 18.5 Å². The maximum atomic E-state index is 12.6. The lowest BCUT2D eigenvalue weighted by Crippen LogP contribution is -2.05. The monoisotopic (exact) mass is 587 g/mol. The van der Waals surface area contributed by atoms with Crippen LogP contribution in [0.15, 0.2) is 106 Å². The van der Waals surface area contributed by atoms with Crippen molar-refractivity contribution in [2.75, 3.05) is 6.61 Å². The number of carbonyl (C=O) groups is 1. The Kier molecular flexibility index (Phi) is 7.91. The summed E-state index contributed by atoms with van der Waals surface area (Å²) in [5.41, 5.74) is 4.69. The number of aliphatic imine (C=N–C) groups is 1. The number of ether oxygens (including phenoxy) is 3. The van der Waals surface area contributed by atoms with Crippen LogP contribution in [0.2, 0.25) is 5.02 Å². The Balaban J connectivity index is 1.38. The molecule has 0 aliphatic carbocycles. The Bertz CT molecular complexity index is 1530. The molecule has 1 aliphatic rings. The maximum absolute atomic E-state index is 12.6. The second kappa shape index (κ2) is 11.7. The Morgan fingerprint density at radius 3 is 2.37 bits per heavy atom. The van der Waals surface area contributed by atoms with Gasteiger partial charge in [0.2, 0.25) is 5.90 Å². The first-order chi connectivity index (χ1) is 18.5. The molecule has 0 aromatic heterocycles. The lowest BCUT2D eigenvalue weighted by atomic mass is 10.0. The second-order valence-electron chi connectivity index (χ2n) is 8.46. The standard InChI is InChI=1S/C31H23BrClNO4/c1-2-36-28-18-21(16-26(33)29(28)37-19-20-7-6-10-25(32)15-20)17-27-31(35)38-30(34-27)24-13-11-23(12-14-24)22-8-4-3-5-9-22/h3-18H,2,19H2,1H3/b27-17-. The average Bonchev–Trinajstić information content (AvgIpc) is 3.29. The van der Waals surface area contributed by atoms with Crippen molar-refractivity contribution in [3.63, 3.8) is 0 Å². The molecule has 0 spiro atoms. The van der Waals surface area contributed by atoms with Crippen molar-refractivity contribution in [1.29, 1.82) is 0 Å². The normalized spacial score (nSPS) is 13.8. The van der Waals surface area contributed by atoms with Gasteiger partial charge in [0.1, 0.15) is 6.61 Å². The van der Waals surface area contributed by atoms with Gasteiger partial charge in [0.05, 0.1) is 11.6 Å². The zero-order valence-electron chi connectivity index (χ0n) is 20.5. The molecule has 0 saturated carbocycles. The van der Waals surface area contributed by atoms with Gasteiger partial charge in [-0.25, -0.2) is 9.79 Å². The van der Waals surface area contributed by atoms with Gasteiger partial charge in [0.25, 0.3) is 0 Å². The van der Waals surface area contributed by atoms with Crippen LogP contribution < -0.4 is 9.47 Å². The van der Waals surface area contributed by atoms with E-state index in [1.807, 2.05) is 85.8 Å². The molecular formula is C31H23BrClNO4. The van der Waals surface area contributed by atoms with Crippen molar-refractivity contribution in [3.05, 3.63) is 123 Å². The van der Waals surface area contributed by atoms with E-state index in [1.165, 1.54) is 0 Å². The molecule has 7 heteroatoms. The van der Waals surface area contributed by atoms with Crippen molar-refractivity contribution in [2.24, 2.45) is 4.99 Å². The van der Waals surface area contributed by atoms with Gasteiger partial charge in [0.15, 0.2) is 17.2 Å².